The van der Waals surface area contributed by atoms with Crippen molar-refractivity contribution in [3.05, 3.63) is 59.5 Å². The molecule has 0 spiro atoms. The van der Waals surface area contributed by atoms with Crippen LogP contribution in [0.3, 0.4) is 0 Å². The van der Waals surface area contributed by atoms with Crippen molar-refractivity contribution < 1.29 is 9.59 Å². The number of benzene rings is 2. The van der Waals surface area contributed by atoms with Crippen LogP contribution in [0.25, 0.3) is 11.3 Å². The second kappa shape index (κ2) is 11.0. The molecular formula is C26H29N3O2S2. The number of amides is 2. The Morgan fingerprint density at radius 2 is 1.82 bits per heavy atom. The first-order valence-electron chi connectivity index (χ1n) is 11.4. The molecule has 2 N–H and O–H groups in total. The highest BCUT2D eigenvalue weighted by molar-refractivity contribution is 8.00. The van der Waals surface area contributed by atoms with Crippen LogP contribution in [-0.2, 0) is 9.59 Å². The van der Waals surface area contributed by atoms with Crippen molar-refractivity contribution in [2.75, 3.05) is 10.6 Å². The van der Waals surface area contributed by atoms with Crippen molar-refractivity contribution in [1.82, 2.24) is 4.98 Å². The lowest BCUT2D eigenvalue weighted by molar-refractivity contribution is -0.120. The highest BCUT2D eigenvalue weighted by atomic mass is 32.2. The Kier molecular flexibility index (Phi) is 7.83. The SMILES string of the molecule is Cc1ccc(-c2csc(NC(=O)C(C)Sc3cccc(NC(=O)C4CCCCC4)c3)n2)cc1. The van der Waals surface area contributed by atoms with Crippen LogP contribution in [0.15, 0.2) is 58.8 Å². The van der Waals surface area contributed by atoms with E-state index < -0.39 is 0 Å². The topological polar surface area (TPSA) is 71.1 Å². The summed E-state index contributed by atoms with van der Waals surface area (Å²) in [6.45, 7) is 3.93. The van der Waals surface area contributed by atoms with Gasteiger partial charge in [0.15, 0.2) is 5.13 Å². The Bertz CT molecular complexity index is 1100. The standard InChI is InChI=1S/C26H29N3O2S2/c1-17-11-13-19(14-12-17)23-16-32-26(28-23)29-24(30)18(2)33-22-10-6-9-21(15-22)27-25(31)20-7-4-3-5-8-20/h6,9-16,18,20H,3-5,7-8H2,1-2H3,(H,27,31)(H,28,29,30). The Morgan fingerprint density at radius 1 is 1.06 bits per heavy atom. The van der Waals surface area contributed by atoms with Crippen molar-refractivity contribution in [2.24, 2.45) is 5.92 Å². The van der Waals surface area contributed by atoms with Crippen LogP contribution in [0.4, 0.5) is 10.8 Å². The molecule has 0 bridgehead atoms. The average Bonchev–Trinajstić information content (AvgIpc) is 3.28. The molecule has 7 heteroatoms. The lowest BCUT2D eigenvalue weighted by Crippen LogP contribution is -2.24. The molecule has 1 fully saturated rings. The molecule has 5 nitrogen and oxygen atoms in total. The average molecular weight is 480 g/mol. The second-order valence-corrected chi connectivity index (χ2v) is 10.8. The van der Waals surface area contributed by atoms with Crippen molar-refractivity contribution in [2.45, 2.75) is 56.1 Å². The van der Waals surface area contributed by atoms with Crippen LogP contribution in [0.1, 0.15) is 44.6 Å². The van der Waals surface area contributed by atoms with Gasteiger partial charge in [0.2, 0.25) is 11.8 Å². The summed E-state index contributed by atoms with van der Waals surface area (Å²) in [4.78, 5) is 30.8. The summed E-state index contributed by atoms with van der Waals surface area (Å²) in [7, 11) is 0. The number of hydrogen-bond acceptors (Lipinski definition) is 5. The van der Waals surface area contributed by atoms with Crippen molar-refractivity contribution >= 4 is 45.7 Å². The number of nitrogens with zero attached hydrogens (tertiary/aromatic N) is 1. The van der Waals surface area contributed by atoms with Gasteiger partial charge in [0, 0.05) is 27.4 Å². The van der Waals surface area contributed by atoms with E-state index in [-0.39, 0.29) is 23.0 Å². The molecule has 0 radical (unpaired) electrons. The molecule has 172 valence electrons. The second-order valence-electron chi connectivity index (χ2n) is 8.51. The monoisotopic (exact) mass is 479 g/mol. The van der Waals surface area contributed by atoms with Crippen LogP contribution < -0.4 is 10.6 Å². The molecule has 0 saturated heterocycles. The van der Waals surface area contributed by atoms with Crippen molar-refractivity contribution in [1.29, 1.82) is 0 Å². The van der Waals surface area contributed by atoms with Gasteiger partial charge in [-0.15, -0.1) is 23.1 Å². The fourth-order valence-electron chi connectivity index (χ4n) is 3.91. The maximum Gasteiger partial charge on any atom is 0.239 e. The van der Waals surface area contributed by atoms with E-state index >= 15 is 0 Å². The van der Waals surface area contributed by atoms with Gasteiger partial charge in [0.1, 0.15) is 0 Å². The van der Waals surface area contributed by atoms with E-state index in [1.54, 1.807) is 0 Å². The zero-order valence-corrected chi connectivity index (χ0v) is 20.6. The summed E-state index contributed by atoms with van der Waals surface area (Å²) in [5.41, 5.74) is 3.88. The minimum absolute atomic E-state index is 0.0959. The molecule has 33 heavy (non-hydrogen) atoms. The third-order valence-corrected chi connectivity index (χ3v) is 7.69. The number of hydrogen-bond donors (Lipinski definition) is 2. The molecule has 1 heterocycles. The lowest BCUT2D eigenvalue weighted by atomic mass is 9.88. The molecule has 1 atom stereocenters. The first-order valence-corrected chi connectivity index (χ1v) is 13.1. The van der Waals surface area contributed by atoms with Gasteiger partial charge >= 0.3 is 0 Å². The molecule has 1 aliphatic carbocycles. The van der Waals surface area contributed by atoms with Crippen molar-refractivity contribution in [3.8, 4) is 11.3 Å². The molecule has 3 aromatic rings. The van der Waals surface area contributed by atoms with E-state index in [0.717, 1.165) is 47.5 Å². The molecule has 4 rings (SSSR count). The van der Waals surface area contributed by atoms with Crippen LogP contribution >= 0.6 is 23.1 Å². The number of rotatable bonds is 7. The Labute approximate surface area is 203 Å². The predicted molar refractivity (Wildman–Crippen MR) is 138 cm³/mol. The van der Waals surface area contributed by atoms with Crippen LogP contribution in [-0.4, -0.2) is 22.0 Å². The van der Waals surface area contributed by atoms with E-state index in [1.807, 2.05) is 48.7 Å². The van der Waals surface area contributed by atoms with Crippen molar-refractivity contribution in [3.63, 3.8) is 0 Å². The van der Waals surface area contributed by atoms with Gasteiger partial charge in [-0.05, 0) is 44.9 Å². The van der Waals surface area contributed by atoms with Gasteiger partial charge in [-0.25, -0.2) is 4.98 Å². The molecule has 0 aliphatic heterocycles. The Balaban J connectivity index is 1.33. The summed E-state index contributed by atoms with van der Waals surface area (Å²) in [5, 5.41) is 8.23. The third-order valence-electron chi connectivity index (χ3n) is 5.84. The summed E-state index contributed by atoms with van der Waals surface area (Å²) < 4.78 is 0. The quantitative estimate of drug-likeness (QED) is 0.367. The molecule has 2 aromatic carbocycles. The van der Waals surface area contributed by atoms with E-state index in [1.165, 1.54) is 35.1 Å². The summed E-state index contributed by atoms with van der Waals surface area (Å²) in [5.74, 6) is 0.125. The fourth-order valence-corrected chi connectivity index (χ4v) is 5.56. The maximum absolute atomic E-state index is 12.7. The first-order chi connectivity index (χ1) is 16.0. The molecule has 1 aromatic heterocycles. The van der Waals surface area contributed by atoms with E-state index in [9.17, 15) is 9.59 Å². The molecule has 1 unspecified atom stereocenters. The number of thiazole rings is 1. The van der Waals surface area contributed by atoms with Gasteiger partial charge in [-0.1, -0.05) is 55.2 Å². The lowest BCUT2D eigenvalue weighted by Gasteiger charge is -2.21. The smallest absolute Gasteiger partial charge is 0.239 e. The van der Waals surface area contributed by atoms with Gasteiger partial charge in [0.05, 0.1) is 10.9 Å². The predicted octanol–water partition coefficient (Wildman–Crippen LogP) is 6.76. The molecule has 2 amide bonds. The van der Waals surface area contributed by atoms with Gasteiger partial charge in [-0.2, -0.15) is 0 Å². The third kappa shape index (κ3) is 6.45. The zero-order valence-electron chi connectivity index (χ0n) is 19.0. The highest BCUT2D eigenvalue weighted by Gasteiger charge is 2.21. The van der Waals surface area contributed by atoms with E-state index in [2.05, 4.69) is 34.7 Å². The number of thioether (sulfide) groups is 1. The molecule has 1 saturated carbocycles. The minimum atomic E-state index is -0.305. The van der Waals surface area contributed by atoms with Gasteiger partial charge in [0.25, 0.3) is 0 Å². The fraction of sp³-hybridized carbons (Fsp3) is 0.346. The highest BCUT2D eigenvalue weighted by Crippen LogP contribution is 2.30. The van der Waals surface area contributed by atoms with E-state index in [4.69, 9.17) is 0 Å². The number of nitrogens with one attached hydrogen (secondary N) is 2. The summed E-state index contributed by atoms with van der Waals surface area (Å²) in [6.07, 6.45) is 5.43. The molecule has 1 aliphatic rings. The number of anilines is 2. The summed E-state index contributed by atoms with van der Waals surface area (Å²) in [6, 6.07) is 15.9. The number of carbonyl (C=O) groups is 2. The number of aryl methyl sites for hydroxylation is 1. The van der Waals surface area contributed by atoms with Crippen LogP contribution in [0, 0.1) is 12.8 Å². The maximum atomic E-state index is 12.7. The largest absolute Gasteiger partial charge is 0.326 e. The van der Waals surface area contributed by atoms with E-state index in [0.29, 0.717) is 5.13 Å². The first kappa shape index (κ1) is 23.5. The number of aromatic nitrogens is 1. The normalized spacial score (nSPS) is 15.1. The minimum Gasteiger partial charge on any atom is -0.326 e. The Morgan fingerprint density at radius 3 is 2.58 bits per heavy atom. The van der Waals surface area contributed by atoms with Crippen LogP contribution in [0.2, 0.25) is 0 Å². The summed E-state index contributed by atoms with van der Waals surface area (Å²) >= 11 is 2.89. The zero-order chi connectivity index (χ0) is 23.2. The molecular weight excluding hydrogens is 450 g/mol. The number of carbonyl (C=O) groups excluding carboxylic acids is 2. The Hall–Kier alpha value is -2.64. The van der Waals surface area contributed by atoms with Gasteiger partial charge in [-0.3, -0.25) is 9.59 Å². The van der Waals surface area contributed by atoms with Gasteiger partial charge < -0.3 is 10.6 Å². The van der Waals surface area contributed by atoms with Crippen LogP contribution in [0.5, 0.6) is 0 Å².